The minimum Gasteiger partial charge on any atom is -0.178 e. The summed E-state index contributed by atoms with van der Waals surface area (Å²) in [6, 6.07) is 8.87. The average Bonchev–Trinajstić information content (AvgIpc) is 2.18. The van der Waals surface area contributed by atoms with Crippen molar-refractivity contribution >= 4 is 24.4 Å². The van der Waals surface area contributed by atoms with E-state index in [9.17, 15) is 0 Å². The molecular formula is C13H20S2. The Kier molecular flexibility index (Phi) is 4.60. The van der Waals surface area contributed by atoms with E-state index in [1.807, 2.05) is 11.8 Å². The molecule has 0 nitrogen and oxygen atoms in total. The van der Waals surface area contributed by atoms with Gasteiger partial charge in [0.1, 0.15) is 0 Å². The molecule has 1 rings (SSSR count). The Morgan fingerprint density at radius 1 is 1.20 bits per heavy atom. The van der Waals surface area contributed by atoms with Gasteiger partial charge in [-0.2, -0.15) is 12.6 Å². The number of thioether (sulfide) groups is 1. The SMILES string of the molecule is CC(C)Sc1ccc(C(C)(C)CS)cc1. The molecule has 84 valence electrons. The summed E-state index contributed by atoms with van der Waals surface area (Å²) in [7, 11) is 0. The molecule has 2 heteroatoms. The Morgan fingerprint density at radius 3 is 2.13 bits per heavy atom. The Labute approximate surface area is 103 Å². The van der Waals surface area contributed by atoms with Crippen LogP contribution in [0.3, 0.4) is 0 Å². The topological polar surface area (TPSA) is 0 Å². The van der Waals surface area contributed by atoms with E-state index < -0.39 is 0 Å². The smallest absolute Gasteiger partial charge is 0.00747 e. The highest BCUT2D eigenvalue weighted by atomic mass is 32.2. The van der Waals surface area contributed by atoms with E-state index in [2.05, 4.69) is 64.6 Å². The van der Waals surface area contributed by atoms with Gasteiger partial charge in [-0.15, -0.1) is 11.8 Å². The third-order valence-corrected chi connectivity index (χ3v) is 4.21. The molecule has 0 aliphatic rings. The summed E-state index contributed by atoms with van der Waals surface area (Å²) >= 11 is 6.30. The summed E-state index contributed by atoms with van der Waals surface area (Å²) < 4.78 is 0. The van der Waals surface area contributed by atoms with Gasteiger partial charge in [-0.05, 0) is 28.9 Å². The molecule has 0 atom stereocenters. The van der Waals surface area contributed by atoms with Crippen LogP contribution in [0, 0.1) is 0 Å². The van der Waals surface area contributed by atoms with Crippen LogP contribution < -0.4 is 0 Å². The number of benzene rings is 1. The maximum absolute atomic E-state index is 4.39. The van der Waals surface area contributed by atoms with Gasteiger partial charge in [-0.25, -0.2) is 0 Å². The van der Waals surface area contributed by atoms with Gasteiger partial charge in [0.15, 0.2) is 0 Å². The zero-order valence-electron chi connectivity index (χ0n) is 9.95. The molecule has 0 saturated carbocycles. The molecule has 15 heavy (non-hydrogen) atoms. The fourth-order valence-electron chi connectivity index (χ4n) is 1.35. The van der Waals surface area contributed by atoms with Gasteiger partial charge in [0.2, 0.25) is 0 Å². The van der Waals surface area contributed by atoms with E-state index >= 15 is 0 Å². The highest BCUT2D eigenvalue weighted by Gasteiger charge is 2.17. The van der Waals surface area contributed by atoms with Crippen molar-refractivity contribution in [1.29, 1.82) is 0 Å². The van der Waals surface area contributed by atoms with E-state index in [1.165, 1.54) is 10.5 Å². The molecule has 0 aliphatic heterocycles. The summed E-state index contributed by atoms with van der Waals surface area (Å²) in [4.78, 5) is 1.35. The van der Waals surface area contributed by atoms with E-state index in [4.69, 9.17) is 0 Å². The summed E-state index contributed by atoms with van der Waals surface area (Å²) in [6.07, 6.45) is 0. The lowest BCUT2D eigenvalue weighted by atomic mass is 9.87. The molecule has 1 aromatic carbocycles. The minimum atomic E-state index is 0.171. The van der Waals surface area contributed by atoms with Gasteiger partial charge in [-0.3, -0.25) is 0 Å². The first-order valence-corrected chi connectivity index (χ1v) is 6.85. The minimum absolute atomic E-state index is 0.171. The van der Waals surface area contributed by atoms with Crippen LogP contribution in [0.25, 0.3) is 0 Å². The lowest BCUT2D eigenvalue weighted by Gasteiger charge is -2.22. The van der Waals surface area contributed by atoms with E-state index in [0.717, 1.165) is 5.75 Å². The number of hydrogen-bond donors (Lipinski definition) is 1. The largest absolute Gasteiger partial charge is 0.178 e. The van der Waals surface area contributed by atoms with Crippen molar-refractivity contribution in [3.8, 4) is 0 Å². The first kappa shape index (κ1) is 13.0. The molecule has 0 heterocycles. The maximum atomic E-state index is 4.39. The number of thiol groups is 1. The fraction of sp³-hybridized carbons (Fsp3) is 0.538. The first-order valence-electron chi connectivity index (χ1n) is 5.34. The molecule has 0 radical (unpaired) electrons. The van der Waals surface area contributed by atoms with Gasteiger partial charge >= 0.3 is 0 Å². The molecule has 0 fully saturated rings. The summed E-state index contributed by atoms with van der Waals surface area (Å²) in [5.41, 5.74) is 1.54. The predicted octanol–water partition coefficient (Wildman–Crippen LogP) is 4.39. The monoisotopic (exact) mass is 240 g/mol. The molecule has 0 aliphatic carbocycles. The Bertz CT molecular complexity index is 299. The number of rotatable bonds is 4. The van der Waals surface area contributed by atoms with Crippen molar-refractivity contribution in [3.63, 3.8) is 0 Å². The Hall–Kier alpha value is -0.0800. The van der Waals surface area contributed by atoms with Crippen LogP contribution in [0.5, 0.6) is 0 Å². The lowest BCUT2D eigenvalue weighted by Crippen LogP contribution is -2.18. The summed E-state index contributed by atoms with van der Waals surface area (Å²) in [5.74, 6) is 0.879. The van der Waals surface area contributed by atoms with Crippen molar-refractivity contribution < 1.29 is 0 Å². The zero-order chi connectivity index (χ0) is 11.5. The van der Waals surface area contributed by atoms with Gasteiger partial charge in [0.25, 0.3) is 0 Å². The molecule has 0 amide bonds. The fourth-order valence-corrected chi connectivity index (χ4v) is 2.37. The van der Waals surface area contributed by atoms with Crippen molar-refractivity contribution in [2.75, 3.05) is 5.75 Å². The molecule has 0 spiro atoms. The quantitative estimate of drug-likeness (QED) is 0.601. The van der Waals surface area contributed by atoms with Crippen molar-refractivity contribution in [3.05, 3.63) is 29.8 Å². The molecule has 0 aromatic heterocycles. The van der Waals surface area contributed by atoms with Crippen LogP contribution in [0.1, 0.15) is 33.3 Å². The molecular weight excluding hydrogens is 220 g/mol. The maximum Gasteiger partial charge on any atom is 0.00747 e. The highest BCUT2D eigenvalue weighted by Crippen LogP contribution is 2.28. The first-order chi connectivity index (χ1) is 6.95. The molecule has 1 aromatic rings. The third kappa shape index (κ3) is 3.76. The van der Waals surface area contributed by atoms with Gasteiger partial charge in [0, 0.05) is 10.1 Å². The van der Waals surface area contributed by atoms with Gasteiger partial charge in [-0.1, -0.05) is 39.8 Å². The van der Waals surface area contributed by atoms with Crippen LogP contribution in [0.4, 0.5) is 0 Å². The summed E-state index contributed by atoms with van der Waals surface area (Å²) in [6.45, 7) is 8.89. The lowest BCUT2D eigenvalue weighted by molar-refractivity contribution is 0.603. The predicted molar refractivity (Wildman–Crippen MR) is 74.3 cm³/mol. The van der Waals surface area contributed by atoms with Crippen molar-refractivity contribution in [2.45, 2.75) is 43.3 Å². The van der Waals surface area contributed by atoms with Crippen LogP contribution in [0.15, 0.2) is 29.2 Å². The van der Waals surface area contributed by atoms with Crippen LogP contribution in [-0.4, -0.2) is 11.0 Å². The van der Waals surface area contributed by atoms with Crippen molar-refractivity contribution in [1.82, 2.24) is 0 Å². The van der Waals surface area contributed by atoms with E-state index in [-0.39, 0.29) is 5.41 Å². The van der Waals surface area contributed by atoms with Gasteiger partial charge in [0.05, 0.1) is 0 Å². The second kappa shape index (κ2) is 5.31. The molecule has 0 unspecified atom stereocenters. The Balaban J connectivity index is 2.81. The molecule has 0 bridgehead atoms. The highest BCUT2D eigenvalue weighted by molar-refractivity contribution is 7.99. The van der Waals surface area contributed by atoms with E-state index in [1.54, 1.807) is 0 Å². The zero-order valence-corrected chi connectivity index (χ0v) is 11.7. The van der Waals surface area contributed by atoms with Gasteiger partial charge < -0.3 is 0 Å². The number of hydrogen-bond acceptors (Lipinski definition) is 2. The van der Waals surface area contributed by atoms with Crippen LogP contribution >= 0.6 is 24.4 Å². The second-order valence-electron chi connectivity index (χ2n) is 4.73. The standard InChI is InChI=1S/C13H20S2/c1-10(2)15-12-7-5-11(6-8-12)13(3,4)9-14/h5-8,10,14H,9H2,1-4H3. The average molecular weight is 240 g/mol. The Morgan fingerprint density at radius 2 is 1.73 bits per heavy atom. The molecule has 0 N–H and O–H groups in total. The molecule has 0 saturated heterocycles. The van der Waals surface area contributed by atoms with Crippen molar-refractivity contribution in [2.24, 2.45) is 0 Å². The third-order valence-electron chi connectivity index (χ3n) is 2.40. The van der Waals surface area contributed by atoms with Crippen LogP contribution in [0.2, 0.25) is 0 Å². The summed E-state index contributed by atoms with van der Waals surface area (Å²) in [5, 5.41) is 0.647. The second-order valence-corrected chi connectivity index (χ2v) is 6.70. The van der Waals surface area contributed by atoms with Crippen LogP contribution in [-0.2, 0) is 5.41 Å². The van der Waals surface area contributed by atoms with E-state index in [0.29, 0.717) is 5.25 Å². The normalized spacial score (nSPS) is 12.1.